The highest BCUT2D eigenvalue weighted by Crippen LogP contribution is 2.18. The number of carbonyl (C=O) groups is 1. The number of carbonyl (C=O) groups excluding carboxylic acids is 1. The van der Waals surface area contributed by atoms with E-state index in [4.69, 9.17) is 9.47 Å². The molecular formula is C21H23N3O3. The van der Waals surface area contributed by atoms with E-state index in [9.17, 15) is 4.79 Å². The Morgan fingerprint density at radius 1 is 1.07 bits per heavy atom. The Bertz CT molecular complexity index is 834. The summed E-state index contributed by atoms with van der Waals surface area (Å²) in [5.41, 5.74) is 1.97. The lowest BCUT2D eigenvalue weighted by Gasteiger charge is -2.12. The van der Waals surface area contributed by atoms with Crippen LogP contribution in [0.2, 0.25) is 0 Å². The van der Waals surface area contributed by atoms with Gasteiger partial charge in [0.15, 0.2) is 0 Å². The van der Waals surface area contributed by atoms with Crippen LogP contribution in [0.15, 0.2) is 66.9 Å². The maximum Gasteiger partial charge on any atom is 0.246 e. The van der Waals surface area contributed by atoms with Crippen LogP contribution in [-0.4, -0.2) is 35.7 Å². The zero-order chi connectivity index (χ0) is 18.9. The first-order valence-electron chi connectivity index (χ1n) is 8.87. The number of para-hydroxylation sites is 1. The average molecular weight is 365 g/mol. The number of amides is 1. The van der Waals surface area contributed by atoms with Crippen molar-refractivity contribution in [3.05, 3.63) is 72.7 Å². The summed E-state index contributed by atoms with van der Waals surface area (Å²) in [6.45, 7) is 2.60. The van der Waals surface area contributed by atoms with Crippen LogP contribution in [0, 0.1) is 0 Å². The summed E-state index contributed by atoms with van der Waals surface area (Å²) < 4.78 is 10.9. The monoisotopic (exact) mass is 365 g/mol. The van der Waals surface area contributed by atoms with Gasteiger partial charge in [0.2, 0.25) is 5.91 Å². The van der Waals surface area contributed by atoms with Gasteiger partial charge in [-0.2, -0.15) is 0 Å². The molecule has 0 bridgehead atoms. The first-order valence-corrected chi connectivity index (χ1v) is 8.87. The fraction of sp³-hybridized carbons (Fsp3) is 0.238. The maximum absolute atomic E-state index is 12.0. The molecule has 0 radical (unpaired) electrons. The fourth-order valence-electron chi connectivity index (χ4n) is 2.57. The molecule has 0 spiro atoms. The minimum atomic E-state index is -0.237. The van der Waals surface area contributed by atoms with Gasteiger partial charge in [-0.05, 0) is 24.6 Å². The quantitative estimate of drug-likeness (QED) is 0.570. The predicted octanol–water partition coefficient (Wildman–Crippen LogP) is 3.35. The molecule has 6 nitrogen and oxygen atoms in total. The van der Waals surface area contributed by atoms with Crippen LogP contribution >= 0.6 is 0 Å². The van der Waals surface area contributed by atoms with E-state index in [1.165, 1.54) is 0 Å². The lowest BCUT2D eigenvalue weighted by atomic mass is 10.2. The van der Waals surface area contributed by atoms with E-state index in [1.807, 2.05) is 67.6 Å². The minimum absolute atomic E-state index is 0.0191. The second-order valence-electron chi connectivity index (χ2n) is 6.05. The molecule has 1 amide bonds. The topological polar surface area (TPSA) is 76.2 Å². The van der Waals surface area contributed by atoms with Gasteiger partial charge in [-0.25, -0.2) is 4.98 Å². The number of hydrogen-bond acceptors (Lipinski definition) is 4. The number of rotatable bonds is 9. The standard InChI is InChI=1S/C21H23N3O3/c1-16(21-22-14-19(24-21)17-8-4-2-5-9-17)23-20(25)15-26-12-13-27-18-10-6-3-7-11-18/h2-11,14,16H,12-13,15H2,1H3,(H,22,24)(H,23,25). The number of nitrogens with zero attached hydrogens (tertiary/aromatic N) is 1. The SMILES string of the molecule is CC(NC(=O)COCCOc1ccccc1)c1ncc(-c2ccccc2)[nH]1. The third-order valence-electron chi connectivity index (χ3n) is 3.94. The molecule has 2 aromatic carbocycles. The highest BCUT2D eigenvalue weighted by Gasteiger charge is 2.13. The zero-order valence-electron chi connectivity index (χ0n) is 15.2. The molecule has 0 aliphatic carbocycles. The Kier molecular flexibility index (Phi) is 6.60. The van der Waals surface area contributed by atoms with E-state index in [2.05, 4.69) is 15.3 Å². The molecular weight excluding hydrogens is 342 g/mol. The van der Waals surface area contributed by atoms with Crippen LogP contribution in [-0.2, 0) is 9.53 Å². The smallest absolute Gasteiger partial charge is 0.246 e. The summed E-state index contributed by atoms with van der Waals surface area (Å²) in [6, 6.07) is 19.2. The molecule has 27 heavy (non-hydrogen) atoms. The van der Waals surface area contributed by atoms with Crippen LogP contribution in [0.3, 0.4) is 0 Å². The molecule has 140 valence electrons. The van der Waals surface area contributed by atoms with Crippen molar-refractivity contribution in [3.8, 4) is 17.0 Å². The normalized spacial score (nSPS) is 11.7. The van der Waals surface area contributed by atoms with Crippen molar-refractivity contribution in [1.82, 2.24) is 15.3 Å². The lowest BCUT2D eigenvalue weighted by molar-refractivity contribution is -0.126. The molecule has 2 N–H and O–H groups in total. The van der Waals surface area contributed by atoms with Gasteiger partial charge in [0.05, 0.1) is 24.5 Å². The summed E-state index contributed by atoms with van der Waals surface area (Å²) in [5.74, 6) is 1.29. The van der Waals surface area contributed by atoms with E-state index >= 15 is 0 Å². The highest BCUT2D eigenvalue weighted by atomic mass is 16.5. The molecule has 0 saturated heterocycles. The third kappa shape index (κ3) is 5.69. The summed E-state index contributed by atoms with van der Waals surface area (Å²) in [6.07, 6.45) is 1.77. The van der Waals surface area contributed by atoms with E-state index in [-0.39, 0.29) is 18.6 Å². The lowest BCUT2D eigenvalue weighted by Crippen LogP contribution is -2.31. The number of aromatic nitrogens is 2. The molecule has 0 aliphatic heterocycles. The molecule has 3 rings (SSSR count). The van der Waals surface area contributed by atoms with Gasteiger partial charge in [-0.15, -0.1) is 0 Å². The van der Waals surface area contributed by atoms with Gasteiger partial charge in [-0.3, -0.25) is 4.79 Å². The van der Waals surface area contributed by atoms with E-state index in [0.717, 1.165) is 17.0 Å². The first-order chi connectivity index (χ1) is 13.2. The Morgan fingerprint density at radius 2 is 1.78 bits per heavy atom. The average Bonchev–Trinajstić information content (AvgIpc) is 3.20. The van der Waals surface area contributed by atoms with Crippen molar-refractivity contribution in [1.29, 1.82) is 0 Å². The Hall–Kier alpha value is -3.12. The molecule has 0 fully saturated rings. The minimum Gasteiger partial charge on any atom is -0.491 e. The Labute approximate surface area is 158 Å². The van der Waals surface area contributed by atoms with Gasteiger partial charge < -0.3 is 19.8 Å². The molecule has 1 aromatic heterocycles. The number of hydrogen-bond donors (Lipinski definition) is 2. The Morgan fingerprint density at radius 3 is 2.52 bits per heavy atom. The number of H-pyrrole nitrogens is 1. The van der Waals surface area contributed by atoms with E-state index in [0.29, 0.717) is 19.0 Å². The molecule has 1 atom stereocenters. The number of imidazole rings is 1. The van der Waals surface area contributed by atoms with Gasteiger partial charge >= 0.3 is 0 Å². The van der Waals surface area contributed by atoms with Crippen molar-refractivity contribution in [2.24, 2.45) is 0 Å². The van der Waals surface area contributed by atoms with E-state index in [1.54, 1.807) is 6.20 Å². The second-order valence-corrected chi connectivity index (χ2v) is 6.05. The third-order valence-corrected chi connectivity index (χ3v) is 3.94. The van der Waals surface area contributed by atoms with Crippen LogP contribution in [0.1, 0.15) is 18.8 Å². The van der Waals surface area contributed by atoms with Crippen LogP contribution in [0.4, 0.5) is 0 Å². The molecule has 1 unspecified atom stereocenters. The van der Waals surface area contributed by atoms with Gasteiger partial charge in [-0.1, -0.05) is 48.5 Å². The number of nitrogens with one attached hydrogen (secondary N) is 2. The number of ether oxygens (including phenoxy) is 2. The summed E-state index contributed by atoms with van der Waals surface area (Å²) in [4.78, 5) is 19.6. The van der Waals surface area contributed by atoms with Crippen LogP contribution in [0.25, 0.3) is 11.3 Å². The fourth-order valence-corrected chi connectivity index (χ4v) is 2.57. The number of benzene rings is 2. The van der Waals surface area contributed by atoms with Crippen LogP contribution in [0.5, 0.6) is 5.75 Å². The van der Waals surface area contributed by atoms with Crippen LogP contribution < -0.4 is 10.1 Å². The first kappa shape index (κ1) is 18.7. The molecule has 0 aliphatic rings. The Balaban J connectivity index is 1.38. The van der Waals surface area contributed by atoms with Gasteiger partial charge in [0.25, 0.3) is 0 Å². The molecule has 1 heterocycles. The summed E-state index contributed by atoms with van der Waals surface area (Å²) >= 11 is 0. The predicted molar refractivity (Wildman–Crippen MR) is 103 cm³/mol. The van der Waals surface area contributed by atoms with Gasteiger partial charge in [0, 0.05) is 0 Å². The summed E-state index contributed by atoms with van der Waals surface area (Å²) in [7, 11) is 0. The van der Waals surface area contributed by atoms with Crippen molar-refractivity contribution >= 4 is 5.91 Å². The van der Waals surface area contributed by atoms with E-state index < -0.39 is 0 Å². The van der Waals surface area contributed by atoms with Crippen molar-refractivity contribution in [2.45, 2.75) is 13.0 Å². The summed E-state index contributed by atoms with van der Waals surface area (Å²) in [5, 5.41) is 2.87. The maximum atomic E-state index is 12.0. The largest absolute Gasteiger partial charge is 0.491 e. The molecule has 6 heteroatoms. The highest BCUT2D eigenvalue weighted by molar-refractivity contribution is 5.77. The van der Waals surface area contributed by atoms with Crippen molar-refractivity contribution in [2.75, 3.05) is 19.8 Å². The zero-order valence-corrected chi connectivity index (χ0v) is 15.2. The van der Waals surface area contributed by atoms with Crippen molar-refractivity contribution < 1.29 is 14.3 Å². The molecule has 3 aromatic rings. The second kappa shape index (κ2) is 9.54. The number of aromatic amines is 1. The van der Waals surface area contributed by atoms with Crippen molar-refractivity contribution in [3.63, 3.8) is 0 Å². The van der Waals surface area contributed by atoms with Gasteiger partial charge in [0.1, 0.15) is 24.8 Å². The molecule has 0 saturated carbocycles.